The van der Waals surface area contributed by atoms with Crippen molar-refractivity contribution in [2.75, 3.05) is 19.6 Å². The Morgan fingerprint density at radius 1 is 1.11 bits per heavy atom. The number of nitrogens with one attached hydrogen (secondary N) is 1. The lowest BCUT2D eigenvalue weighted by Gasteiger charge is -2.47. The summed E-state index contributed by atoms with van der Waals surface area (Å²) in [4.78, 5) is 40.3. The number of carbonyl (C=O) groups is 3. The number of hydrogen-bond acceptors (Lipinski definition) is 5. The summed E-state index contributed by atoms with van der Waals surface area (Å²) in [6.45, 7) is 2.10. The van der Waals surface area contributed by atoms with E-state index in [1.54, 1.807) is 18.5 Å². The number of carboxylic acid groups (broad SMARTS) is 1. The molecule has 0 bridgehead atoms. The largest absolute Gasteiger partial charge is 0.490 e. The van der Waals surface area contributed by atoms with E-state index in [2.05, 4.69) is 16.4 Å². The molecule has 8 nitrogen and oxygen atoms in total. The van der Waals surface area contributed by atoms with Gasteiger partial charge in [-0.05, 0) is 48.9 Å². The summed E-state index contributed by atoms with van der Waals surface area (Å²) in [6, 6.07) is 11.7. The Bertz CT molecular complexity index is 1150. The Balaban J connectivity index is 0.000000426. The average Bonchev–Trinajstić information content (AvgIpc) is 3.73. The van der Waals surface area contributed by atoms with E-state index in [-0.39, 0.29) is 23.3 Å². The van der Waals surface area contributed by atoms with Crippen LogP contribution in [0.4, 0.5) is 13.2 Å². The third-order valence-electron chi connectivity index (χ3n) is 7.13. The minimum absolute atomic E-state index is 0.0233. The molecule has 2 aliphatic heterocycles. The van der Waals surface area contributed by atoms with Gasteiger partial charge in [-0.25, -0.2) is 4.79 Å². The summed E-state index contributed by atoms with van der Waals surface area (Å²) < 4.78 is 38.3. The predicted octanol–water partition coefficient (Wildman–Crippen LogP) is 4.17. The maximum absolute atomic E-state index is 12.8. The van der Waals surface area contributed by atoms with Crippen LogP contribution >= 0.6 is 0 Å². The number of aliphatic carboxylic acids is 1. The number of hydrogen-bond donors (Lipinski definition) is 2. The Labute approximate surface area is 218 Å². The van der Waals surface area contributed by atoms with Crippen molar-refractivity contribution in [1.29, 1.82) is 0 Å². The van der Waals surface area contributed by atoms with Crippen LogP contribution in [0.15, 0.2) is 48.8 Å². The Morgan fingerprint density at radius 2 is 1.79 bits per heavy atom. The molecule has 1 saturated carbocycles. The number of benzene rings is 1. The van der Waals surface area contributed by atoms with Gasteiger partial charge in [0.15, 0.2) is 0 Å². The fourth-order valence-electron chi connectivity index (χ4n) is 4.90. The van der Waals surface area contributed by atoms with Crippen molar-refractivity contribution in [3.8, 4) is 5.75 Å². The van der Waals surface area contributed by atoms with Crippen molar-refractivity contribution in [3.05, 3.63) is 59.9 Å². The van der Waals surface area contributed by atoms with Crippen LogP contribution in [-0.2, 0) is 9.59 Å². The Hall–Kier alpha value is -3.63. The molecule has 2 amide bonds. The molecule has 1 aliphatic carbocycles. The highest BCUT2D eigenvalue weighted by molar-refractivity contribution is 5.93. The van der Waals surface area contributed by atoms with Gasteiger partial charge in [-0.1, -0.05) is 18.2 Å². The molecule has 1 spiro atoms. The molecule has 2 aromatic rings. The average molecular weight is 534 g/mol. The molecule has 2 N–H and O–H groups in total. The van der Waals surface area contributed by atoms with Gasteiger partial charge in [0.2, 0.25) is 5.91 Å². The molecule has 1 atom stereocenters. The smallest absolute Gasteiger partial charge is 0.487 e. The summed E-state index contributed by atoms with van der Waals surface area (Å²) in [5.41, 5.74) is 1.43. The maximum atomic E-state index is 12.8. The molecule has 38 heavy (non-hydrogen) atoms. The molecule has 1 aromatic heterocycles. The third kappa shape index (κ3) is 7.02. The van der Waals surface area contributed by atoms with E-state index in [0.717, 1.165) is 37.1 Å². The summed E-state index contributed by atoms with van der Waals surface area (Å²) in [5, 5.41) is 10.2. The number of rotatable bonds is 5. The van der Waals surface area contributed by atoms with E-state index in [4.69, 9.17) is 14.6 Å². The number of fused-ring (bicyclic) bond motifs is 1. The van der Waals surface area contributed by atoms with Crippen LogP contribution in [0.3, 0.4) is 0 Å². The quantitative estimate of drug-likeness (QED) is 0.597. The molecule has 11 heteroatoms. The second-order valence-electron chi connectivity index (χ2n) is 10.0. The third-order valence-corrected chi connectivity index (χ3v) is 7.13. The number of carboxylic acids is 1. The fraction of sp³-hybridized carbons (Fsp3) is 0.481. The minimum Gasteiger partial charge on any atom is -0.487 e. The highest BCUT2D eigenvalue weighted by Crippen LogP contribution is 2.46. The van der Waals surface area contributed by atoms with Crippen molar-refractivity contribution < 1.29 is 37.4 Å². The number of piperidine rings is 1. The van der Waals surface area contributed by atoms with Gasteiger partial charge in [-0.2, -0.15) is 13.2 Å². The Kier molecular flexibility index (Phi) is 8.23. The zero-order chi connectivity index (χ0) is 27.3. The highest BCUT2D eigenvalue weighted by Gasteiger charge is 2.44. The zero-order valence-electron chi connectivity index (χ0n) is 20.7. The van der Waals surface area contributed by atoms with Gasteiger partial charge in [0.25, 0.3) is 5.91 Å². The van der Waals surface area contributed by atoms with Crippen molar-refractivity contribution in [3.63, 3.8) is 0 Å². The van der Waals surface area contributed by atoms with Gasteiger partial charge >= 0.3 is 12.1 Å². The molecule has 5 rings (SSSR count). The van der Waals surface area contributed by atoms with Crippen LogP contribution in [0.1, 0.15) is 60.4 Å². The lowest BCUT2D eigenvalue weighted by atomic mass is 9.76. The molecular weight excluding hydrogens is 503 g/mol. The standard InChI is InChI=1S/C25H29N3O3.C2HF3O2/c29-23(27-16-18-7-8-18)14-20-15-25(31-22-6-2-1-5-21(20)22)9-12-28(13-10-25)24(30)19-4-3-11-26-17-19;3-2(4,5)1(6)7/h1-6,11,17-18,20H,7-10,12-16H2,(H,27,29);(H,6,7). The number of amides is 2. The first-order chi connectivity index (χ1) is 18.1. The topological polar surface area (TPSA) is 109 Å². The molecule has 3 heterocycles. The van der Waals surface area contributed by atoms with Gasteiger partial charge in [-0.15, -0.1) is 0 Å². The van der Waals surface area contributed by atoms with Gasteiger partial charge in [0.05, 0.1) is 5.56 Å². The predicted molar refractivity (Wildman–Crippen MR) is 131 cm³/mol. The zero-order valence-corrected chi connectivity index (χ0v) is 20.7. The first-order valence-corrected chi connectivity index (χ1v) is 12.6. The summed E-state index contributed by atoms with van der Waals surface area (Å²) in [7, 11) is 0. The Morgan fingerprint density at radius 3 is 2.39 bits per heavy atom. The normalized spacial score (nSPS) is 19.9. The van der Waals surface area contributed by atoms with E-state index in [9.17, 15) is 22.8 Å². The number of likely N-dealkylation sites (tertiary alicyclic amines) is 1. The molecule has 1 unspecified atom stereocenters. The van der Waals surface area contributed by atoms with Crippen LogP contribution in [0.5, 0.6) is 5.75 Å². The number of alkyl halides is 3. The first-order valence-electron chi connectivity index (χ1n) is 12.6. The number of carbonyl (C=O) groups excluding carboxylic acids is 2. The maximum Gasteiger partial charge on any atom is 0.490 e. The van der Waals surface area contributed by atoms with Crippen LogP contribution in [0.25, 0.3) is 0 Å². The van der Waals surface area contributed by atoms with Crippen LogP contribution in [0.2, 0.25) is 0 Å². The van der Waals surface area contributed by atoms with E-state index >= 15 is 0 Å². The molecule has 2 fully saturated rings. The number of aromatic nitrogens is 1. The van der Waals surface area contributed by atoms with Crippen molar-refractivity contribution in [1.82, 2.24) is 15.2 Å². The van der Waals surface area contributed by atoms with E-state index in [0.29, 0.717) is 31.0 Å². The summed E-state index contributed by atoms with van der Waals surface area (Å²) in [6.07, 6.45) is 3.53. The number of ether oxygens (including phenoxy) is 1. The van der Waals surface area contributed by atoms with Gasteiger partial charge in [-0.3, -0.25) is 14.6 Å². The molecule has 3 aliphatic rings. The van der Waals surface area contributed by atoms with Crippen LogP contribution in [-0.4, -0.2) is 64.2 Å². The van der Waals surface area contributed by atoms with Gasteiger partial charge in [0, 0.05) is 57.2 Å². The lowest BCUT2D eigenvalue weighted by Crippen LogP contribution is -2.52. The number of para-hydroxylation sites is 1. The fourth-order valence-corrected chi connectivity index (χ4v) is 4.90. The first kappa shape index (κ1) is 27.4. The number of halogens is 3. The highest BCUT2D eigenvalue weighted by atomic mass is 19.4. The van der Waals surface area contributed by atoms with E-state index < -0.39 is 12.1 Å². The van der Waals surface area contributed by atoms with E-state index in [1.165, 1.54) is 12.8 Å². The second kappa shape index (κ2) is 11.4. The van der Waals surface area contributed by atoms with Crippen LogP contribution < -0.4 is 10.1 Å². The van der Waals surface area contributed by atoms with Gasteiger partial charge in [0.1, 0.15) is 11.4 Å². The summed E-state index contributed by atoms with van der Waals surface area (Å²) >= 11 is 0. The second-order valence-corrected chi connectivity index (χ2v) is 10.0. The molecule has 0 radical (unpaired) electrons. The van der Waals surface area contributed by atoms with Crippen molar-refractivity contribution in [2.45, 2.75) is 56.2 Å². The van der Waals surface area contributed by atoms with Crippen molar-refractivity contribution in [2.24, 2.45) is 5.92 Å². The SMILES string of the molecule is O=C(CC1CC2(CCN(C(=O)c3cccnc3)CC2)Oc2ccccc21)NCC1CC1.O=C(O)C(F)(F)F. The van der Waals surface area contributed by atoms with Gasteiger partial charge < -0.3 is 20.1 Å². The number of pyridine rings is 1. The number of nitrogens with zero attached hydrogens (tertiary/aromatic N) is 2. The molecule has 1 aromatic carbocycles. The minimum atomic E-state index is -5.08. The van der Waals surface area contributed by atoms with Crippen molar-refractivity contribution >= 4 is 17.8 Å². The van der Waals surface area contributed by atoms with E-state index in [1.807, 2.05) is 29.2 Å². The monoisotopic (exact) mass is 533 g/mol. The van der Waals surface area contributed by atoms with Crippen LogP contribution in [0, 0.1) is 5.92 Å². The molecular formula is C27H30F3N3O5. The lowest BCUT2D eigenvalue weighted by molar-refractivity contribution is -0.192. The molecule has 1 saturated heterocycles. The summed E-state index contributed by atoms with van der Waals surface area (Å²) in [5.74, 6) is -0.889. The molecule has 204 valence electrons.